The Labute approximate surface area is 178 Å². The molecule has 3 aromatic heterocycles. The number of anilines is 2. The molecule has 4 heterocycles. The second kappa shape index (κ2) is 8.20. The highest BCUT2D eigenvalue weighted by Crippen LogP contribution is 2.37. The van der Waals surface area contributed by atoms with E-state index >= 15 is 0 Å². The normalized spacial score (nSPS) is 16.1. The summed E-state index contributed by atoms with van der Waals surface area (Å²) in [5.74, 6) is -0.157. The third-order valence-electron chi connectivity index (χ3n) is 5.42. The molecule has 152 valence electrons. The molecule has 4 aromatic rings. The smallest absolute Gasteiger partial charge is 0.274 e. The van der Waals surface area contributed by atoms with Crippen molar-refractivity contribution in [1.29, 1.82) is 0 Å². The molecule has 5 rings (SSSR count). The van der Waals surface area contributed by atoms with E-state index in [2.05, 4.69) is 39.9 Å². The predicted molar refractivity (Wildman–Crippen MR) is 118 cm³/mol. The minimum absolute atomic E-state index is 0.157. The molecular weight excluding hydrogens is 396 g/mol. The Kier molecular flexibility index (Phi) is 5.11. The van der Waals surface area contributed by atoms with Crippen molar-refractivity contribution in [3.05, 3.63) is 89.6 Å². The molecule has 1 N–H and O–H groups in total. The van der Waals surface area contributed by atoms with E-state index in [9.17, 15) is 4.79 Å². The van der Waals surface area contributed by atoms with Gasteiger partial charge in [0.25, 0.3) is 5.91 Å². The van der Waals surface area contributed by atoms with Crippen molar-refractivity contribution in [2.24, 2.45) is 0 Å². The molecule has 30 heavy (non-hydrogen) atoms. The topological polar surface area (TPSA) is 63.3 Å². The average Bonchev–Trinajstić information content (AvgIpc) is 3.56. The summed E-state index contributed by atoms with van der Waals surface area (Å²) in [6.07, 6.45) is 7.43. The monoisotopic (exact) mass is 418 g/mol. The van der Waals surface area contributed by atoms with Crippen molar-refractivity contribution in [1.82, 2.24) is 9.55 Å². The van der Waals surface area contributed by atoms with Gasteiger partial charge in [-0.1, -0.05) is 18.2 Å². The largest absolute Gasteiger partial charge is 0.472 e. The van der Waals surface area contributed by atoms with Gasteiger partial charge < -0.3 is 13.9 Å². The number of nitrogens with zero attached hydrogens (tertiary/aromatic N) is 3. The lowest BCUT2D eigenvalue weighted by atomic mass is 10.1. The van der Waals surface area contributed by atoms with Gasteiger partial charge in [-0.3, -0.25) is 10.1 Å². The number of benzene rings is 1. The number of aromatic nitrogens is 2. The van der Waals surface area contributed by atoms with Gasteiger partial charge in [0, 0.05) is 29.4 Å². The number of furan rings is 1. The molecule has 1 aliphatic heterocycles. The maximum absolute atomic E-state index is 12.8. The first-order valence-corrected chi connectivity index (χ1v) is 10.9. The molecule has 0 radical (unpaired) electrons. The van der Waals surface area contributed by atoms with E-state index in [1.165, 1.54) is 17.0 Å². The molecule has 0 unspecified atom stereocenters. The zero-order valence-electron chi connectivity index (χ0n) is 16.4. The lowest BCUT2D eigenvalue weighted by molar-refractivity contribution is 0.101. The van der Waals surface area contributed by atoms with Crippen LogP contribution in [0.3, 0.4) is 0 Å². The summed E-state index contributed by atoms with van der Waals surface area (Å²) in [6.45, 7) is 1.61. The van der Waals surface area contributed by atoms with E-state index in [0.717, 1.165) is 30.6 Å². The minimum Gasteiger partial charge on any atom is -0.472 e. The van der Waals surface area contributed by atoms with Crippen LogP contribution in [0.4, 0.5) is 10.8 Å². The number of amides is 1. The van der Waals surface area contributed by atoms with E-state index in [4.69, 9.17) is 9.40 Å². The molecule has 6 nitrogen and oxygen atoms in total. The van der Waals surface area contributed by atoms with Gasteiger partial charge >= 0.3 is 0 Å². The van der Waals surface area contributed by atoms with E-state index in [1.54, 1.807) is 12.5 Å². The molecule has 1 aliphatic rings. The van der Waals surface area contributed by atoms with Gasteiger partial charge in [-0.05, 0) is 43.2 Å². The first-order valence-electron chi connectivity index (χ1n) is 10.0. The van der Waals surface area contributed by atoms with Gasteiger partial charge in [-0.15, -0.1) is 11.3 Å². The Balaban J connectivity index is 1.30. The van der Waals surface area contributed by atoms with Gasteiger partial charge in [-0.25, -0.2) is 4.98 Å². The van der Waals surface area contributed by atoms with Crippen LogP contribution in [-0.2, 0) is 6.54 Å². The summed E-state index contributed by atoms with van der Waals surface area (Å²) in [5, 5.41) is 5.66. The van der Waals surface area contributed by atoms with Crippen LogP contribution < -0.4 is 10.2 Å². The number of thiazole rings is 1. The van der Waals surface area contributed by atoms with Gasteiger partial charge in [0.05, 0.1) is 30.8 Å². The van der Waals surface area contributed by atoms with E-state index < -0.39 is 0 Å². The van der Waals surface area contributed by atoms with Gasteiger partial charge in [0.15, 0.2) is 5.13 Å². The molecule has 1 amide bonds. The third-order valence-corrected chi connectivity index (χ3v) is 6.20. The number of hydrogen-bond acceptors (Lipinski definition) is 5. The first-order chi connectivity index (χ1) is 14.8. The predicted octanol–water partition coefficient (Wildman–Crippen LogP) is 5.18. The quantitative estimate of drug-likeness (QED) is 0.469. The zero-order chi connectivity index (χ0) is 20.3. The number of hydrogen-bond donors (Lipinski definition) is 1. The van der Waals surface area contributed by atoms with Crippen molar-refractivity contribution in [3.63, 3.8) is 0 Å². The Morgan fingerprint density at radius 3 is 2.93 bits per heavy atom. The van der Waals surface area contributed by atoms with Crippen molar-refractivity contribution in [2.45, 2.75) is 25.4 Å². The lowest BCUT2D eigenvalue weighted by Gasteiger charge is -2.25. The molecule has 0 saturated carbocycles. The summed E-state index contributed by atoms with van der Waals surface area (Å²) < 4.78 is 7.03. The number of carbonyl (C=O) groups is 1. The number of carbonyl (C=O) groups excluding carboxylic acids is 1. The molecule has 1 aromatic carbocycles. The van der Waals surface area contributed by atoms with Crippen LogP contribution in [0.15, 0.2) is 77.1 Å². The van der Waals surface area contributed by atoms with Crippen molar-refractivity contribution < 1.29 is 9.21 Å². The fourth-order valence-electron chi connectivity index (χ4n) is 4.00. The Morgan fingerprint density at radius 2 is 2.10 bits per heavy atom. The van der Waals surface area contributed by atoms with Crippen LogP contribution in [0.5, 0.6) is 0 Å². The highest BCUT2D eigenvalue weighted by Gasteiger charge is 2.28. The van der Waals surface area contributed by atoms with Crippen molar-refractivity contribution in [2.75, 3.05) is 16.8 Å². The molecular formula is C23H22N4O2S. The standard InChI is InChI=1S/C23H22N4O2S/c28-22(21-9-4-11-26(21)14-17-10-13-29-15-17)25-23-24-19(16-30-23)20-8-5-12-27(20)18-6-2-1-3-7-18/h1-4,6-7,9-11,13,15-16,20H,5,8,12,14H2,(H,24,25,28)/t20-/m1/s1. The molecule has 0 spiro atoms. The van der Waals surface area contributed by atoms with E-state index in [0.29, 0.717) is 17.4 Å². The van der Waals surface area contributed by atoms with Crippen LogP contribution in [0.25, 0.3) is 0 Å². The maximum atomic E-state index is 12.8. The molecule has 0 aliphatic carbocycles. The molecule has 1 saturated heterocycles. The van der Waals surface area contributed by atoms with Crippen molar-refractivity contribution >= 4 is 28.1 Å². The van der Waals surface area contributed by atoms with Gasteiger partial charge in [0.1, 0.15) is 5.69 Å². The Bertz CT molecular complexity index is 1120. The summed E-state index contributed by atoms with van der Waals surface area (Å²) in [4.78, 5) is 20.0. The lowest BCUT2D eigenvalue weighted by Crippen LogP contribution is -2.22. The molecule has 0 bridgehead atoms. The van der Waals surface area contributed by atoms with Crippen LogP contribution in [0, 0.1) is 0 Å². The van der Waals surface area contributed by atoms with Crippen LogP contribution in [0.2, 0.25) is 0 Å². The number of para-hydroxylation sites is 1. The fraction of sp³-hybridized carbons (Fsp3) is 0.217. The molecule has 1 atom stereocenters. The van der Waals surface area contributed by atoms with Crippen LogP contribution >= 0.6 is 11.3 Å². The second-order valence-corrected chi connectivity index (χ2v) is 8.23. The van der Waals surface area contributed by atoms with Crippen LogP contribution in [0.1, 0.15) is 40.6 Å². The van der Waals surface area contributed by atoms with Gasteiger partial charge in [0.2, 0.25) is 0 Å². The van der Waals surface area contributed by atoms with E-state index in [-0.39, 0.29) is 11.9 Å². The SMILES string of the molecule is O=C(Nc1nc([C@H]2CCCN2c2ccccc2)cs1)c1cccn1Cc1ccoc1. The molecule has 7 heteroatoms. The zero-order valence-corrected chi connectivity index (χ0v) is 17.2. The summed E-state index contributed by atoms with van der Waals surface area (Å²) in [6, 6.07) is 16.3. The van der Waals surface area contributed by atoms with E-state index in [1.807, 2.05) is 35.0 Å². The summed E-state index contributed by atoms with van der Waals surface area (Å²) in [5.41, 5.74) is 3.85. The second-order valence-electron chi connectivity index (χ2n) is 7.37. The highest BCUT2D eigenvalue weighted by molar-refractivity contribution is 7.14. The maximum Gasteiger partial charge on any atom is 0.274 e. The first kappa shape index (κ1) is 18.7. The fourth-order valence-corrected chi connectivity index (χ4v) is 4.75. The third kappa shape index (κ3) is 3.76. The van der Waals surface area contributed by atoms with Gasteiger partial charge in [-0.2, -0.15) is 0 Å². The number of nitrogens with one attached hydrogen (secondary N) is 1. The van der Waals surface area contributed by atoms with Crippen molar-refractivity contribution in [3.8, 4) is 0 Å². The minimum atomic E-state index is -0.157. The summed E-state index contributed by atoms with van der Waals surface area (Å²) in [7, 11) is 0. The number of rotatable bonds is 6. The Morgan fingerprint density at radius 1 is 1.20 bits per heavy atom. The molecule has 1 fully saturated rings. The van der Waals surface area contributed by atoms with Crippen LogP contribution in [-0.4, -0.2) is 22.0 Å². The average molecular weight is 419 g/mol. The highest BCUT2D eigenvalue weighted by atomic mass is 32.1. The Hall–Kier alpha value is -3.32. The summed E-state index contributed by atoms with van der Waals surface area (Å²) >= 11 is 1.48.